The van der Waals surface area contributed by atoms with Crippen molar-refractivity contribution in [2.24, 2.45) is 0 Å². The molecule has 0 atom stereocenters. The Kier molecular flexibility index (Phi) is 1220. The maximum Gasteiger partial charge on any atom is 0 e. The normalized spacial score (nSPS) is 0.500. The molecule has 0 spiro atoms. The molecule has 0 aliphatic carbocycles. The Morgan fingerprint density at radius 2 is 0.417 bits per heavy atom. The quantitative estimate of drug-likeness (QED) is 0.409. The summed E-state index contributed by atoms with van der Waals surface area (Å²) in [6, 6.07) is 0. The topological polar surface area (TPSA) is 0 Å². The molecule has 5 heteroatoms. The molecule has 0 rings (SSSR count). The molecule has 0 bridgehead atoms. The standard InChI is InChI=1S/C2H5.5CH3.5Y/c1-2;;;;;;;;;;/h1H2,2H3;5*1H3;;;;;/q6*-1;;;;;. The molecule has 0 saturated heterocycles. The van der Waals surface area contributed by atoms with Crippen LogP contribution in [0.15, 0.2) is 0 Å². The van der Waals surface area contributed by atoms with Gasteiger partial charge in [0, 0.05) is 164 Å². The SMILES string of the molecule is [CH2-]C.[CH3-].[CH3-].[CH3-].[CH3-].[CH3-].[Y].[Y].[Y].[Y].[Y]. The summed E-state index contributed by atoms with van der Waals surface area (Å²) >= 11 is 0. The van der Waals surface area contributed by atoms with E-state index in [1.165, 1.54) is 0 Å². The zero-order chi connectivity index (χ0) is 2.00. The fraction of sp³-hybridized carbons (Fsp3) is 0.143. The molecule has 0 fully saturated rings. The van der Waals surface area contributed by atoms with Crippen LogP contribution < -0.4 is 0 Å². The van der Waals surface area contributed by atoms with Gasteiger partial charge in [0.15, 0.2) is 0 Å². The van der Waals surface area contributed by atoms with E-state index in [1.54, 1.807) is 6.92 Å². The van der Waals surface area contributed by atoms with Gasteiger partial charge in [0.2, 0.25) is 0 Å². The summed E-state index contributed by atoms with van der Waals surface area (Å²) < 4.78 is 0. The molecule has 0 aliphatic heterocycles. The van der Waals surface area contributed by atoms with Crippen molar-refractivity contribution in [2.75, 3.05) is 0 Å². The Morgan fingerprint density at radius 1 is 0.417 bits per heavy atom. The largest absolute Gasteiger partial charge is 0.358 e. The van der Waals surface area contributed by atoms with E-state index in [1.807, 2.05) is 0 Å². The third-order valence-corrected chi connectivity index (χ3v) is 0. The first kappa shape index (κ1) is 112. The molecule has 0 aromatic heterocycles. The van der Waals surface area contributed by atoms with Gasteiger partial charge < -0.3 is 44.1 Å². The van der Waals surface area contributed by atoms with Gasteiger partial charge in [-0.3, -0.25) is 0 Å². The van der Waals surface area contributed by atoms with E-state index in [0.717, 1.165) is 0 Å². The minimum absolute atomic E-state index is 0. The minimum atomic E-state index is 0. The summed E-state index contributed by atoms with van der Waals surface area (Å²) in [6.45, 7) is 5.00. The number of rotatable bonds is 0. The van der Waals surface area contributed by atoms with Crippen LogP contribution >= 0.6 is 0 Å². The summed E-state index contributed by atoms with van der Waals surface area (Å²) in [5.41, 5.74) is 0. The molecule has 0 aromatic carbocycles. The predicted octanol–water partition coefficient (Wildman–Crippen LogP) is 3.08. The Labute approximate surface area is 209 Å². The average molecular weight is 549 g/mol. The molecule has 0 amide bonds. The Hall–Kier alpha value is 5.52. The van der Waals surface area contributed by atoms with E-state index in [9.17, 15) is 0 Å². The van der Waals surface area contributed by atoms with Gasteiger partial charge in [0.05, 0.1) is 0 Å². The van der Waals surface area contributed by atoms with Crippen LogP contribution in [-0.4, -0.2) is 0 Å². The first-order chi connectivity index (χ1) is 1.00. The first-order valence-corrected chi connectivity index (χ1v) is 0.707. The van der Waals surface area contributed by atoms with Gasteiger partial charge in [-0.25, -0.2) is 0 Å². The van der Waals surface area contributed by atoms with Gasteiger partial charge in [-0.1, -0.05) is 0 Å². The second kappa shape index (κ2) is 131. The van der Waals surface area contributed by atoms with Crippen LogP contribution in [0.1, 0.15) is 6.92 Å². The third-order valence-electron chi connectivity index (χ3n) is 0. The predicted molar refractivity (Wildman–Crippen MR) is 43.1 cm³/mol. The fourth-order valence-electron chi connectivity index (χ4n) is 0. The second-order valence-electron chi connectivity index (χ2n) is 0. The van der Waals surface area contributed by atoms with Crippen LogP contribution in [0.4, 0.5) is 0 Å². The van der Waals surface area contributed by atoms with Crippen molar-refractivity contribution in [3.8, 4) is 0 Å². The van der Waals surface area contributed by atoms with Crippen molar-refractivity contribution < 1.29 is 164 Å². The van der Waals surface area contributed by atoms with Crippen molar-refractivity contribution in [3.05, 3.63) is 44.1 Å². The van der Waals surface area contributed by atoms with Gasteiger partial charge in [-0.2, -0.15) is 6.92 Å². The second-order valence-corrected chi connectivity index (χ2v) is 0. The molecular weight excluding hydrogens is 529 g/mol. The summed E-state index contributed by atoms with van der Waals surface area (Å²) in [6.07, 6.45) is 0. The van der Waals surface area contributed by atoms with Crippen LogP contribution in [0.2, 0.25) is 0 Å². The van der Waals surface area contributed by atoms with Gasteiger partial charge in [0.1, 0.15) is 0 Å². The fourth-order valence-corrected chi connectivity index (χ4v) is 0. The van der Waals surface area contributed by atoms with E-state index >= 15 is 0 Å². The van der Waals surface area contributed by atoms with Crippen molar-refractivity contribution in [1.82, 2.24) is 0 Å². The number of hydrogen-bond donors (Lipinski definition) is 0. The van der Waals surface area contributed by atoms with Crippen LogP contribution in [0.25, 0.3) is 0 Å². The van der Waals surface area contributed by atoms with Crippen LogP contribution in [0, 0.1) is 44.1 Å². The number of hydrogen-bond acceptors (Lipinski definition) is 0. The van der Waals surface area contributed by atoms with Gasteiger partial charge in [-0.05, 0) is 0 Å². The third kappa shape index (κ3) is 107. The summed E-state index contributed by atoms with van der Waals surface area (Å²) in [7, 11) is 0. The molecule has 0 heterocycles. The maximum absolute atomic E-state index is 3.25. The average Bonchev–Trinajstić information content (AvgIpc) is 1.00. The Morgan fingerprint density at radius 3 is 0.417 bits per heavy atom. The van der Waals surface area contributed by atoms with Gasteiger partial charge in [-0.15, -0.1) is 0 Å². The van der Waals surface area contributed by atoms with Crippen molar-refractivity contribution in [2.45, 2.75) is 6.92 Å². The van der Waals surface area contributed by atoms with E-state index in [2.05, 4.69) is 6.92 Å². The molecule has 0 N–H and O–H groups in total. The molecule has 0 aromatic rings. The van der Waals surface area contributed by atoms with Crippen LogP contribution in [0.5, 0.6) is 0 Å². The summed E-state index contributed by atoms with van der Waals surface area (Å²) in [4.78, 5) is 0. The van der Waals surface area contributed by atoms with E-state index in [4.69, 9.17) is 0 Å². The smallest absolute Gasteiger partial charge is 0 e. The van der Waals surface area contributed by atoms with E-state index < -0.39 is 0 Å². The summed E-state index contributed by atoms with van der Waals surface area (Å²) in [5, 5.41) is 0. The van der Waals surface area contributed by atoms with E-state index in [0.29, 0.717) is 0 Å². The molecule has 0 saturated carbocycles. The first-order valence-electron chi connectivity index (χ1n) is 0.707. The molecule has 0 aliphatic rings. The summed E-state index contributed by atoms with van der Waals surface area (Å²) in [5.74, 6) is 0. The molecular formula is C7H20Y5-6. The maximum atomic E-state index is 3.25. The molecule has 0 nitrogen and oxygen atoms in total. The van der Waals surface area contributed by atoms with Crippen molar-refractivity contribution >= 4 is 0 Å². The molecule has 5 radical (unpaired) electrons. The van der Waals surface area contributed by atoms with Crippen molar-refractivity contribution in [3.63, 3.8) is 0 Å². The molecule has 69 valence electrons. The van der Waals surface area contributed by atoms with Crippen LogP contribution in [0.3, 0.4) is 0 Å². The molecule has 12 heavy (non-hydrogen) atoms. The Bertz CT molecular complexity index is 11.8. The Balaban J connectivity index is -0.000000000111. The van der Waals surface area contributed by atoms with Crippen LogP contribution in [-0.2, 0) is 164 Å². The van der Waals surface area contributed by atoms with Gasteiger partial charge in [0.25, 0.3) is 0 Å². The van der Waals surface area contributed by atoms with E-state index in [-0.39, 0.29) is 201 Å². The monoisotopic (exact) mass is 549 g/mol. The zero-order valence-electron chi connectivity index (χ0n) is 9.59. The zero-order valence-corrected chi connectivity index (χ0v) is 23.8. The van der Waals surface area contributed by atoms with Crippen molar-refractivity contribution in [1.29, 1.82) is 0 Å². The molecule has 0 unspecified atom stereocenters. The van der Waals surface area contributed by atoms with Gasteiger partial charge >= 0.3 is 0 Å². The minimum Gasteiger partial charge on any atom is -0.358 e.